The summed E-state index contributed by atoms with van der Waals surface area (Å²) in [5, 5.41) is 2.97. The van der Waals surface area contributed by atoms with Crippen molar-refractivity contribution in [2.45, 2.75) is 17.7 Å². The SMILES string of the molecule is O=C(NCCCN1CCOCC1)c1c[nH]c2ccc(S(=O)(=O)N3CCc4ccccc43)cc2c1=O. The number of para-hydroxylation sites is 1. The zero-order valence-electron chi connectivity index (χ0n) is 19.3. The van der Waals surface area contributed by atoms with Gasteiger partial charge in [0.1, 0.15) is 5.56 Å². The minimum Gasteiger partial charge on any atom is -0.379 e. The van der Waals surface area contributed by atoms with Crippen LogP contribution in [0, 0.1) is 0 Å². The molecule has 0 unspecified atom stereocenters. The number of hydrogen-bond acceptors (Lipinski definition) is 6. The van der Waals surface area contributed by atoms with Gasteiger partial charge in [0.25, 0.3) is 15.9 Å². The van der Waals surface area contributed by atoms with Crippen LogP contribution in [0.4, 0.5) is 5.69 Å². The Kier molecular flexibility index (Phi) is 6.59. The van der Waals surface area contributed by atoms with Gasteiger partial charge in [0.2, 0.25) is 5.43 Å². The molecule has 0 bridgehead atoms. The van der Waals surface area contributed by atoms with Gasteiger partial charge in [-0.05, 0) is 49.2 Å². The van der Waals surface area contributed by atoms with Crippen molar-refractivity contribution in [1.82, 2.24) is 15.2 Å². The van der Waals surface area contributed by atoms with Crippen molar-refractivity contribution in [2.75, 3.05) is 50.2 Å². The first-order valence-electron chi connectivity index (χ1n) is 11.8. The number of amides is 1. The second-order valence-corrected chi connectivity index (χ2v) is 10.6. The number of aromatic nitrogens is 1. The van der Waals surface area contributed by atoms with Gasteiger partial charge in [-0.25, -0.2) is 8.42 Å². The molecule has 35 heavy (non-hydrogen) atoms. The van der Waals surface area contributed by atoms with E-state index in [1.807, 2.05) is 18.2 Å². The number of aromatic amines is 1. The van der Waals surface area contributed by atoms with Crippen molar-refractivity contribution < 1.29 is 17.9 Å². The third kappa shape index (κ3) is 4.69. The number of sulfonamides is 1. The number of ether oxygens (including phenoxy) is 1. The number of hydrogen-bond donors (Lipinski definition) is 2. The van der Waals surface area contributed by atoms with Crippen LogP contribution in [0.15, 0.2) is 58.4 Å². The largest absolute Gasteiger partial charge is 0.379 e. The van der Waals surface area contributed by atoms with Crippen LogP contribution >= 0.6 is 0 Å². The van der Waals surface area contributed by atoms with Gasteiger partial charge in [0.05, 0.1) is 23.8 Å². The number of nitrogens with one attached hydrogen (secondary N) is 2. The van der Waals surface area contributed by atoms with E-state index in [0.29, 0.717) is 30.7 Å². The van der Waals surface area contributed by atoms with E-state index in [1.165, 1.54) is 22.6 Å². The van der Waals surface area contributed by atoms with E-state index in [4.69, 9.17) is 4.74 Å². The number of anilines is 1. The number of H-pyrrole nitrogens is 1. The second kappa shape index (κ2) is 9.80. The Morgan fingerprint density at radius 3 is 2.71 bits per heavy atom. The van der Waals surface area contributed by atoms with Crippen molar-refractivity contribution >= 4 is 32.5 Å². The molecule has 3 aromatic rings. The molecule has 2 aliphatic rings. The van der Waals surface area contributed by atoms with Crippen LogP contribution in [0.3, 0.4) is 0 Å². The number of carbonyl (C=O) groups excluding carboxylic acids is 1. The Morgan fingerprint density at radius 2 is 1.89 bits per heavy atom. The fraction of sp³-hybridized carbons (Fsp3) is 0.360. The smallest absolute Gasteiger partial charge is 0.264 e. The first kappa shape index (κ1) is 23.5. The zero-order chi connectivity index (χ0) is 24.4. The summed E-state index contributed by atoms with van der Waals surface area (Å²) in [5.74, 6) is -0.475. The molecule has 1 saturated heterocycles. The molecule has 0 saturated carbocycles. The maximum absolute atomic E-state index is 13.4. The lowest BCUT2D eigenvalue weighted by Crippen LogP contribution is -2.38. The van der Waals surface area contributed by atoms with E-state index in [-0.39, 0.29) is 15.8 Å². The highest BCUT2D eigenvalue weighted by Gasteiger charge is 2.31. The lowest BCUT2D eigenvalue weighted by molar-refractivity contribution is 0.0374. The third-order valence-corrected chi connectivity index (χ3v) is 8.38. The third-order valence-electron chi connectivity index (χ3n) is 6.57. The van der Waals surface area contributed by atoms with Crippen molar-refractivity contribution in [3.05, 3.63) is 70.0 Å². The number of fused-ring (bicyclic) bond motifs is 2. The predicted octanol–water partition coefficient (Wildman–Crippen LogP) is 1.73. The summed E-state index contributed by atoms with van der Waals surface area (Å²) in [6, 6.07) is 11.8. The molecule has 2 N–H and O–H groups in total. The summed E-state index contributed by atoms with van der Waals surface area (Å²) in [7, 11) is -3.86. The van der Waals surface area contributed by atoms with Crippen LogP contribution in [-0.2, 0) is 21.2 Å². The van der Waals surface area contributed by atoms with Gasteiger partial charge >= 0.3 is 0 Å². The minimum absolute atomic E-state index is 0.0234. The maximum Gasteiger partial charge on any atom is 0.264 e. The normalized spacial score (nSPS) is 16.4. The van der Waals surface area contributed by atoms with Crippen LogP contribution in [0.2, 0.25) is 0 Å². The summed E-state index contributed by atoms with van der Waals surface area (Å²) < 4.78 is 33.5. The standard InChI is InChI=1S/C25H28N4O5S/c30-24-20-16-19(35(32,33)29-11-8-18-4-1-2-5-23(18)29)6-7-22(20)27-17-21(24)25(31)26-9-3-10-28-12-14-34-15-13-28/h1-2,4-7,16-17H,3,8-15H2,(H,26,31)(H,27,30). The Hall–Kier alpha value is -3.21. The summed E-state index contributed by atoms with van der Waals surface area (Å²) in [4.78, 5) is 31.1. The minimum atomic E-state index is -3.86. The Balaban J connectivity index is 1.34. The molecular formula is C25H28N4O5S. The molecule has 1 aromatic heterocycles. The number of benzene rings is 2. The molecule has 0 spiro atoms. The second-order valence-electron chi connectivity index (χ2n) is 8.76. The molecule has 184 valence electrons. The van der Waals surface area contributed by atoms with Crippen LogP contribution < -0.4 is 15.1 Å². The van der Waals surface area contributed by atoms with Gasteiger partial charge in [0, 0.05) is 43.3 Å². The fourth-order valence-electron chi connectivity index (χ4n) is 4.64. The molecule has 0 aliphatic carbocycles. The number of carbonyl (C=O) groups is 1. The average Bonchev–Trinajstić information content (AvgIpc) is 3.32. The highest BCUT2D eigenvalue weighted by molar-refractivity contribution is 7.92. The lowest BCUT2D eigenvalue weighted by atomic mass is 10.1. The van der Waals surface area contributed by atoms with Crippen molar-refractivity contribution in [1.29, 1.82) is 0 Å². The van der Waals surface area contributed by atoms with Crippen molar-refractivity contribution in [3.63, 3.8) is 0 Å². The Morgan fingerprint density at radius 1 is 1.09 bits per heavy atom. The van der Waals surface area contributed by atoms with Crippen LogP contribution in [0.1, 0.15) is 22.3 Å². The molecule has 2 aliphatic heterocycles. The molecule has 1 fully saturated rings. The average molecular weight is 497 g/mol. The van der Waals surface area contributed by atoms with E-state index < -0.39 is 21.4 Å². The van der Waals surface area contributed by atoms with Crippen LogP contribution in [0.25, 0.3) is 10.9 Å². The Bertz CT molecular complexity index is 1410. The molecule has 9 nitrogen and oxygen atoms in total. The molecule has 0 atom stereocenters. The summed E-state index contributed by atoms with van der Waals surface area (Å²) in [6.45, 7) is 4.85. The number of morpholine rings is 1. The van der Waals surface area contributed by atoms with Gasteiger partial charge in [-0.1, -0.05) is 18.2 Å². The summed E-state index contributed by atoms with van der Waals surface area (Å²) >= 11 is 0. The first-order valence-corrected chi connectivity index (χ1v) is 13.2. The quantitative estimate of drug-likeness (QED) is 0.482. The van der Waals surface area contributed by atoms with E-state index in [9.17, 15) is 18.0 Å². The van der Waals surface area contributed by atoms with E-state index in [2.05, 4.69) is 15.2 Å². The fourth-order valence-corrected chi connectivity index (χ4v) is 6.17. The van der Waals surface area contributed by atoms with Gasteiger partial charge in [-0.15, -0.1) is 0 Å². The lowest BCUT2D eigenvalue weighted by Gasteiger charge is -2.26. The topological polar surface area (TPSA) is 112 Å². The molecule has 0 radical (unpaired) electrons. The predicted molar refractivity (Wildman–Crippen MR) is 133 cm³/mol. The highest BCUT2D eigenvalue weighted by atomic mass is 32.2. The highest BCUT2D eigenvalue weighted by Crippen LogP contribution is 2.33. The van der Waals surface area contributed by atoms with Crippen LogP contribution in [-0.4, -0.2) is 70.1 Å². The van der Waals surface area contributed by atoms with Crippen LogP contribution in [0.5, 0.6) is 0 Å². The van der Waals surface area contributed by atoms with Gasteiger partial charge in [-0.2, -0.15) is 0 Å². The van der Waals surface area contributed by atoms with E-state index in [0.717, 1.165) is 44.8 Å². The number of rotatable bonds is 7. The monoisotopic (exact) mass is 496 g/mol. The summed E-state index contributed by atoms with van der Waals surface area (Å²) in [5.41, 5.74) is 1.57. The molecule has 1 amide bonds. The molecule has 10 heteroatoms. The summed E-state index contributed by atoms with van der Waals surface area (Å²) in [6.07, 6.45) is 2.78. The zero-order valence-corrected chi connectivity index (χ0v) is 20.1. The number of nitrogens with zero attached hydrogens (tertiary/aromatic N) is 2. The molecule has 2 aromatic carbocycles. The number of pyridine rings is 1. The molecule has 3 heterocycles. The van der Waals surface area contributed by atoms with Crippen molar-refractivity contribution in [2.24, 2.45) is 0 Å². The molecular weight excluding hydrogens is 468 g/mol. The molecule has 5 rings (SSSR count). The van der Waals surface area contributed by atoms with Gasteiger partial charge in [-0.3, -0.25) is 18.8 Å². The van der Waals surface area contributed by atoms with E-state index in [1.54, 1.807) is 12.1 Å². The first-order chi connectivity index (χ1) is 16.9. The maximum atomic E-state index is 13.4. The van der Waals surface area contributed by atoms with Crippen molar-refractivity contribution in [3.8, 4) is 0 Å². The van der Waals surface area contributed by atoms with E-state index >= 15 is 0 Å². The Labute approximate surface area is 203 Å². The van der Waals surface area contributed by atoms with Gasteiger partial charge < -0.3 is 15.0 Å². The van der Waals surface area contributed by atoms with Gasteiger partial charge in [0.15, 0.2) is 0 Å².